The van der Waals surface area contributed by atoms with Crippen molar-refractivity contribution >= 4 is 23.5 Å². The molecule has 1 unspecified atom stereocenters. The van der Waals surface area contributed by atoms with Gasteiger partial charge in [0.25, 0.3) is 0 Å². The van der Waals surface area contributed by atoms with Crippen LogP contribution in [0, 0.1) is 0 Å². The van der Waals surface area contributed by atoms with Gasteiger partial charge < -0.3 is 10.4 Å². The number of carbonyl (C=O) groups is 2. The van der Waals surface area contributed by atoms with Gasteiger partial charge in [0.1, 0.15) is 5.78 Å². The molecule has 0 aliphatic heterocycles. The summed E-state index contributed by atoms with van der Waals surface area (Å²) in [6.45, 7) is 4.33. The van der Waals surface area contributed by atoms with Crippen LogP contribution in [0.25, 0.3) is 0 Å². The van der Waals surface area contributed by atoms with E-state index in [4.69, 9.17) is 5.11 Å². The third kappa shape index (κ3) is 6.91. The highest BCUT2D eigenvalue weighted by atomic mass is 32.2. The number of carbonyl (C=O) groups excluding carboxylic acids is 1. The van der Waals surface area contributed by atoms with Crippen molar-refractivity contribution in [2.75, 3.05) is 18.1 Å². The zero-order valence-electron chi connectivity index (χ0n) is 8.58. The van der Waals surface area contributed by atoms with Gasteiger partial charge in [-0.1, -0.05) is 6.92 Å². The van der Waals surface area contributed by atoms with E-state index in [2.05, 4.69) is 5.32 Å². The lowest BCUT2D eigenvalue weighted by molar-refractivity contribution is -0.134. The summed E-state index contributed by atoms with van der Waals surface area (Å²) in [7, 11) is 0. The fourth-order valence-electron chi connectivity index (χ4n) is 0.903. The third-order valence-electron chi connectivity index (χ3n) is 1.64. The smallest absolute Gasteiger partial charge is 0.313 e. The van der Waals surface area contributed by atoms with Crippen molar-refractivity contribution in [3.63, 3.8) is 0 Å². The second-order valence-corrected chi connectivity index (χ2v) is 4.06. The summed E-state index contributed by atoms with van der Waals surface area (Å²) in [5.41, 5.74) is 0. The fourth-order valence-corrected chi connectivity index (χ4v) is 1.78. The minimum Gasteiger partial charge on any atom is -0.481 e. The third-order valence-corrected chi connectivity index (χ3v) is 2.66. The predicted octanol–water partition coefficient (Wildman–Crippen LogP) is 0.761. The van der Waals surface area contributed by atoms with Crippen LogP contribution >= 0.6 is 11.8 Å². The maximum atomic E-state index is 11.1. The van der Waals surface area contributed by atoms with Gasteiger partial charge in [0.2, 0.25) is 0 Å². The molecule has 0 aromatic rings. The van der Waals surface area contributed by atoms with Crippen molar-refractivity contribution in [3.05, 3.63) is 0 Å². The van der Waals surface area contributed by atoms with Crippen LogP contribution in [0.5, 0.6) is 0 Å². The molecule has 0 fully saturated rings. The van der Waals surface area contributed by atoms with E-state index >= 15 is 0 Å². The molecule has 0 rings (SSSR count). The first-order valence-corrected chi connectivity index (χ1v) is 5.76. The first-order chi connectivity index (χ1) is 6.57. The lowest BCUT2D eigenvalue weighted by atomic mass is 10.2. The topological polar surface area (TPSA) is 66.4 Å². The molecule has 0 aromatic carbocycles. The van der Waals surface area contributed by atoms with Crippen LogP contribution < -0.4 is 5.32 Å². The van der Waals surface area contributed by atoms with E-state index in [0.29, 0.717) is 5.75 Å². The number of hydrogen-bond donors (Lipinski definition) is 2. The molecule has 4 nitrogen and oxygen atoms in total. The Labute approximate surface area is 88.4 Å². The second-order valence-electron chi connectivity index (χ2n) is 3.03. The van der Waals surface area contributed by atoms with Crippen LogP contribution in [0.2, 0.25) is 0 Å². The molecule has 14 heavy (non-hydrogen) atoms. The summed E-state index contributed by atoms with van der Waals surface area (Å²) < 4.78 is 0. The Bertz CT molecular complexity index is 196. The van der Waals surface area contributed by atoms with Crippen LogP contribution in [0.3, 0.4) is 0 Å². The molecular weight excluding hydrogens is 202 g/mol. The number of nitrogens with one attached hydrogen (secondary N) is 1. The Morgan fingerprint density at radius 1 is 1.50 bits per heavy atom. The molecule has 0 radical (unpaired) electrons. The number of carboxylic acid groups (broad SMARTS) is 1. The van der Waals surface area contributed by atoms with Crippen molar-refractivity contribution in [3.8, 4) is 0 Å². The van der Waals surface area contributed by atoms with E-state index in [0.717, 1.165) is 13.0 Å². The monoisotopic (exact) mass is 219 g/mol. The van der Waals surface area contributed by atoms with Gasteiger partial charge in [-0.2, -0.15) is 0 Å². The SMILES string of the molecule is CCCNC(CSCC(=O)O)C(C)=O. The van der Waals surface area contributed by atoms with Crippen LogP contribution in [0.4, 0.5) is 0 Å². The molecule has 0 aliphatic carbocycles. The van der Waals surface area contributed by atoms with E-state index in [1.807, 2.05) is 6.92 Å². The highest BCUT2D eigenvalue weighted by Crippen LogP contribution is 2.03. The summed E-state index contributed by atoms with van der Waals surface area (Å²) in [6, 6.07) is -0.209. The highest BCUT2D eigenvalue weighted by Gasteiger charge is 2.13. The average molecular weight is 219 g/mol. The number of hydrogen-bond acceptors (Lipinski definition) is 4. The number of ketones is 1. The number of carboxylic acids is 1. The molecule has 0 saturated heterocycles. The lowest BCUT2D eigenvalue weighted by Crippen LogP contribution is -2.38. The Kier molecular flexibility index (Phi) is 7.51. The van der Waals surface area contributed by atoms with Gasteiger partial charge in [0.05, 0.1) is 11.8 Å². The van der Waals surface area contributed by atoms with Gasteiger partial charge >= 0.3 is 5.97 Å². The largest absolute Gasteiger partial charge is 0.481 e. The molecule has 0 saturated carbocycles. The van der Waals surface area contributed by atoms with Crippen LogP contribution in [0.15, 0.2) is 0 Å². The number of rotatable bonds is 8. The Hall–Kier alpha value is -0.550. The van der Waals surface area contributed by atoms with Crippen molar-refractivity contribution in [1.29, 1.82) is 0 Å². The first-order valence-electron chi connectivity index (χ1n) is 4.61. The van der Waals surface area contributed by atoms with E-state index in [1.54, 1.807) is 0 Å². The lowest BCUT2D eigenvalue weighted by Gasteiger charge is -2.13. The average Bonchev–Trinajstić information content (AvgIpc) is 2.09. The maximum Gasteiger partial charge on any atom is 0.313 e. The van der Waals surface area contributed by atoms with E-state index in [-0.39, 0.29) is 17.6 Å². The standard InChI is InChI=1S/C9H17NO3S/c1-3-4-10-8(7(2)11)5-14-6-9(12)13/h8,10H,3-6H2,1-2H3,(H,12,13). The van der Waals surface area contributed by atoms with Crippen molar-refractivity contribution in [1.82, 2.24) is 5.32 Å². The zero-order valence-corrected chi connectivity index (χ0v) is 9.39. The summed E-state index contributed by atoms with van der Waals surface area (Å²) in [5.74, 6) is -0.191. The first kappa shape index (κ1) is 13.4. The minimum atomic E-state index is -0.840. The van der Waals surface area contributed by atoms with Gasteiger partial charge in [-0.3, -0.25) is 9.59 Å². The maximum absolute atomic E-state index is 11.1. The van der Waals surface area contributed by atoms with Crippen LogP contribution in [-0.4, -0.2) is 41.0 Å². The molecule has 2 N–H and O–H groups in total. The molecule has 0 spiro atoms. The summed E-state index contributed by atoms with van der Waals surface area (Å²) in [4.78, 5) is 21.3. The summed E-state index contributed by atoms with van der Waals surface area (Å²) in [5, 5.41) is 11.5. The normalized spacial score (nSPS) is 12.4. The molecular formula is C9H17NO3S. The molecule has 0 aliphatic rings. The molecule has 0 aromatic heterocycles. The highest BCUT2D eigenvalue weighted by molar-refractivity contribution is 8.00. The zero-order chi connectivity index (χ0) is 11.0. The van der Waals surface area contributed by atoms with Gasteiger partial charge in [0.15, 0.2) is 0 Å². The Balaban J connectivity index is 3.73. The minimum absolute atomic E-state index is 0.0532. The number of aliphatic carboxylic acids is 1. The van der Waals surface area contributed by atoms with Gasteiger partial charge in [0, 0.05) is 5.75 Å². The second kappa shape index (κ2) is 7.82. The van der Waals surface area contributed by atoms with E-state index < -0.39 is 5.97 Å². The quantitative estimate of drug-likeness (QED) is 0.631. The predicted molar refractivity (Wildman–Crippen MR) is 57.7 cm³/mol. The van der Waals surface area contributed by atoms with Crippen molar-refractivity contribution in [2.45, 2.75) is 26.3 Å². The fraction of sp³-hybridized carbons (Fsp3) is 0.778. The number of thioether (sulfide) groups is 1. The molecule has 1 atom stereocenters. The van der Waals surface area contributed by atoms with Crippen LogP contribution in [-0.2, 0) is 9.59 Å². The van der Waals surface area contributed by atoms with Crippen LogP contribution in [0.1, 0.15) is 20.3 Å². The summed E-state index contributed by atoms with van der Waals surface area (Å²) >= 11 is 1.27. The van der Waals surface area contributed by atoms with Gasteiger partial charge in [-0.25, -0.2) is 0 Å². The number of Topliss-reactive ketones (excluding diaryl/α,β-unsaturated/α-hetero) is 1. The molecule has 0 amide bonds. The summed E-state index contributed by atoms with van der Waals surface area (Å²) in [6.07, 6.45) is 0.966. The van der Waals surface area contributed by atoms with Gasteiger partial charge in [-0.05, 0) is 19.9 Å². The van der Waals surface area contributed by atoms with Crippen molar-refractivity contribution < 1.29 is 14.7 Å². The molecule has 0 bridgehead atoms. The van der Waals surface area contributed by atoms with E-state index in [1.165, 1.54) is 18.7 Å². The molecule has 0 heterocycles. The Morgan fingerprint density at radius 3 is 2.57 bits per heavy atom. The van der Waals surface area contributed by atoms with Gasteiger partial charge in [-0.15, -0.1) is 11.8 Å². The molecule has 5 heteroatoms. The molecule has 82 valence electrons. The Morgan fingerprint density at radius 2 is 2.14 bits per heavy atom. The van der Waals surface area contributed by atoms with E-state index in [9.17, 15) is 9.59 Å². The van der Waals surface area contributed by atoms with Crippen molar-refractivity contribution in [2.24, 2.45) is 0 Å².